The molecule has 1 aliphatic carbocycles. The van der Waals surface area contributed by atoms with Crippen LogP contribution in [0.25, 0.3) is 0 Å². The average molecular weight is 417 g/mol. The molecule has 0 amide bonds. The topological polar surface area (TPSA) is 38.8 Å². The Balaban J connectivity index is 1.40. The Morgan fingerprint density at radius 1 is 1.07 bits per heavy atom. The molecule has 0 spiro atoms. The molecule has 2 saturated heterocycles. The fourth-order valence-electron chi connectivity index (χ4n) is 4.55. The van der Waals surface area contributed by atoms with Gasteiger partial charge in [0.2, 0.25) is 0 Å². The van der Waals surface area contributed by atoms with Gasteiger partial charge >= 0.3 is 6.18 Å². The van der Waals surface area contributed by atoms with E-state index < -0.39 is 11.6 Å². The van der Waals surface area contributed by atoms with E-state index in [4.69, 9.17) is 0 Å². The summed E-state index contributed by atoms with van der Waals surface area (Å²) in [6.07, 6.45) is 1.13. The van der Waals surface area contributed by atoms with Gasteiger partial charge in [0.05, 0.1) is 17.8 Å². The van der Waals surface area contributed by atoms with Gasteiger partial charge in [-0.15, -0.1) is 0 Å². The molecule has 3 fully saturated rings. The number of carbonyl (C=O) groups excluding carboxylic acids is 1. The molecule has 3 aliphatic rings. The highest BCUT2D eigenvalue weighted by molar-refractivity contribution is 5.77. The van der Waals surface area contributed by atoms with Crippen LogP contribution >= 0.6 is 0 Å². The molecule has 0 radical (unpaired) electrons. The van der Waals surface area contributed by atoms with E-state index in [1.165, 1.54) is 12.5 Å². The van der Waals surface area contributed by atoms with E-state index in [1.54, 1.807) is 14.0 Å². The Bertz CT molecular complexity index is 587. The number of piperazine rings is 1. The number of allylic oxidation sites excluding steroid dienone is 1. The quantitative estimate of drug-likeness (QED) is 0.659. The molecule has 0 bridgehead atoms. The van der Waals surface area contributed by atoms with Crippen molar-refractivity contribution < 1.29 is 18.0 Å². The van der Waals surface area contributed by atoms with Crippen molar-refractivity contribution in [3.05, 3.63) is 11.9 Å². The minimum atomic E-state index is -4.16. The van der Waals surface area contributed by atoms with E-state index in [1.807, 2.05) is 0 Å². The number of Topliss-reactive ketones (excluding diaryl/α,β-unsaturated/α-hetero) is 1. The maximum absolute atomic E-state index is 13.3. The van der Waals surface area contributed by atoms with Crippen molar-refractivity contribution in [3.8, 4) is 0 Å². The fourth-order valence-corrected chi connectivity index (χ4v) is 4.55. The third-order valence-electron chi connectivity index (χ3n) is 6.74. The van der Waals surface area contributed by atoms with Crippen molar-refractivity contribution in [2.45, 2.75) is 45.2 Å². The Hall–Kier alpha value is -1.28. The summed E-state index contributed by atoms with van der Waals surface area (Å²) in [4.78, 5) is 18.0. The van der Waals surface area contributed by atoms with Gasteiger partial charge < -0.3 is 10.2 Å². The molecule has 0 aromatic carbocycles. The van der Waals surface area contributed by atoms with Crippen LogP contribution in [0.15, 0.2) is 11.9 Å². The molecule has 166 valence electrons. The van der Waals surface area contributed by atoms with Crippen molar-refractivity contribution in [1.82, 2.24) is 20.0 Å². The molecule has 1 N–H and O–H groups in total. The predicted octanol–water partition coefficient (Wildman–Crippen LogP) is 2.70. The first kappa shape index (κ1) is 22.4. The van der Waals surface area contributed by atoms with Crippen LogP contribution in [0.3, 0.4) is 0 Å². The molecule has 2 aliphatic heterocycles. The van der Waals surface area contributed by atoms with Gasteiger partial charge in [-0.2, -0.15) is 13.2 Å². The van der Waals surface area contributed by atoms with E-state index in [-0.39, 0.29) is 18.6 Å². The maximum atomic E-state index is 13.3. The summed E-state index contributed by atoms with van der Waals surface area (Å²) >= 11 is 0. The SMILES string of the molecule is CN/C(=C\C1(C(F)(F)F)CC1)N1CCN(CCC2CCN(CC(C)=O)CC2)CC1. The van der Waals surface area contributed by atoms with Gasteiger partial charge in [-0.1, -0.05) is 0 Å². The van der Waals surface area contributed by atoms with Crippen LogP contribution < -0.4 is 5.32 Å². The molecule has 0 atom stereocenters. The summed E-state index contributed by atoms with van der Waals surface area (Å²) in [6, 6.07) is 0. The number of piperidine rings is 1. The largest absolute Gasteiger partial charge is 0.397 e. The van der Waals surface area contributed by atoms with Crippen LogP contribution in [-0.4, -0.2) is 86.1 Å². The van der Waals surface area contributed by atoms with Gasteiger partial charge in [0.15, 0.2) is 0 Å². The molecule has 8 heteroatoms. The molecule has 1 saturated carbocycles. The van der Waals surface area contributed by atoms with Crippen molar-refractivity contribution in [2.75, 3.05) is 59.4 Å². The van der Waals surface area contributed by atoms with Gasteiger partial charge in [-0.25, -0.2) is 0 Å². The number of carbonyl (C=O) groups is 1. The predicted molar refractivity (Wildman–Crippen MR) is 107 cm³/mol. The number of rotatable bonds is 8. The summed E-state index contributed by atoms with van der Waals surface area (Å²) in [7, 11) is 1.71. The zero-order chi connectivity index (χ0) is 21.1. The summed E-state index contributed by atoms with van der Waals surface area (Å²) in [5.41, 5.74) is -1.61. The molecule has 0 unspecified atom stereocenters. The first-order valence-corrected chi connectivity index (χ1v) is 10.9. The van der Waals surface area contributed by atoms with Crippen molar-refractivity contribution in [3.63, 3.8) is 0 Å². The number of alkyl halides is 3. The second-order valence-electron chi connectivity index (χ2n) is 8.97. The van der Waals surface area contributed by atoms with Crippen LogP contribution in [0, 0.1) is 11.3 Å². The Kier molecular flexibility index (Phi) is 7.14. The second-order valence-corrected chi connectivity index (χ2v) is 8.97. The Morgan fingerprint density at radius 3 is 2.17 bits per heavy atom. The zero-order valence-electron chi connectivity index (χ0n) is 17.7. The van der Waals surface area contributed by atoms with Crippen LogP contribution in [0.5, 0.6) is 0 Å². The normalized spacial score (nSPS) is 24.6. The summed E-state index contributed by atoms with van der Waals surface area (Å²) < 4.78 is 39.8. The minimum Gasteiger partial charge on any atom is -0.375 e. The van der Waals surface area contributed by atoms with E-state index in [9.17, 15) is 18.0 Å². The van der Waals surface area contributed by atoms with Gasteiger partial charge in [0.1, 0.15) is 5.78 Å². The third-order valence-corrected chi connectivity index (χ3v) is 6.74. The monoisotopic (exact) mass is 416 g/mol. The highest BCUT2D eigenvalue weighted by atomic mass is 19.4. The standard InChI is InChI=1S/C21H35F3N4O/c1-17(29)16-27-9-4-18(5-10-27)3-8-26-11-13-28(14-12-26)19(25-2)15-20(6-7-20)21(22,23)24/h15,18,25H,3-14,16H2,1-2H3/b19-15+. The highest BCUT2D eigenvalue weighted by Gasteiger charge is 2.62. The molecule has 2 heterocycles. The molecular weight excluding hydrogens is 381 g/mol. The average Bonchev–Trinajstić information content (AvgIpc) is 3.47. The van der Waals surface area contributed by atoms with Crippen molar-refractivity contribution in [1.29, 1.82) is 0 Å². The smallest absolute Gasteiger partial charge is 0.375 e. The Morgan fingerprint density at radius 2 is 1.69 bits per heavy atom. The lowest BCUT2D eigenvalue weighted by molar-refractivity contribution is -0.172. The van der Waals surface area contributed by atoms with Gasteiger partial charge in [-0.3, -0.25) is 14.6 Å². The molecule has 0 aromatic heterocycles. The highest BCUT2D eigenvalue weighted by Crippen LogP contribution is 2.59. The minimum absolute atomic E-state index is 0.201. The molecule has 29 heavy (non-hydrogen) atoms. The fraction of sp³-hybridized carbons (Fsp3) is 0.857. The van der Waals surface area contributed by atoms with Gasteiger partial charge in [-0.05, 0) is 70.7 Å². The number of halogens is 3. The van der Waals surface area contributed by atoms with Crippen LogP contribution in [-0.2, 0) is 4.79 Å². The number of nitrogens with zero attached hydrogens (tertiary/aromatic N) is 3. The van der Waals surface area contributed by atoms with E-state index in [2.05, 4.69) is 20.0 Å². The molecule has 0 aromatic rings. The number of likely N-dealkylation sites (tertiary alicyclic amines) is 1. The summed E-state index contributed by atoms with van der Waals surface area (Å²) in [5, 5.41) is 3.00. The van der Waals surface area contributed by atoms with Crippen LogP contribution in [0.2, 0.25) is 0 Å². The number of nitrogens with one attached hydrogen (secondary N) is 1. The molecule has 3 rings (SSSR count). The zero-order valence-corrected chi connectivity index (χ0v) is 17.7. The van der Waals surface area contributed by atoms with Gasteiger partial charge in [0, 0.05) is 33.2 Å². The lowest BCUT2D eigenvalue weighted by atomic mass is 9.93. The summed E-state index contributed by atoms with van der Waals surface area (Å²) in [5.74, 6) is 1.57. The second kappa shape index (κ2) is 9.25. The maximum Gasteiger partial charge on any atom is 0.397 e. The first-order valence-electron chi connectivity index (χ1n) is 10.9. The van der Waals surface area contributed by atoms with E-state index in [0.717, 1.165) is 58.7 Å². The number of hydrogen-bond donors (Lipinski definition) is 1. The van der Waals surface area contributed by atoms with Crippen molar-refractivity contribution in [2.24, 2.45) is 11.3 Å². The number of hydrogen-bond acceptors (Lipinski definition) is 5. The number of ketones is 1. The summed E-state index contributed by atoms with van der Waals surface area (Å²) in [6.45, 7) is 8.60. The van der Waals surface area contributed by atoms with E-state index >= 15 is 0 Å². The molecular formula is C21H35F3N4O. The Labute approximate surface area is 172 Å². The van der Waals surface area contributed by atoms with Crippen molar-refractivity contribution >= 4 is 5.78 Å². The third kappa shape index (κ3) is 5.87. The van der Waals surface area contributed by atoms with Gasteiger partial charge in [0.25, 0.3) is 0 Å². The molecule has 5 nitrogen and oxygen atoms in total. The van der Waals surface area contributed by atoms with E-state index in [0.29, 0.717) is 18.3 Å². The van der Waals surface area contributed by atoms with Crippen LogP contribution in [0.1, 0.15) is 39.0 Å². The first-order chi connectivity index (χ1) is 13.7. The lowest BCUT2D eigenvalue weighted by Crippen LogP contribution is -2.48. The van der Waals surface area contributed by atoms with Crippen LogP contribution in [0.4, 0.5) is 13.2 Å². The lowest BCUT2D eigenvalue weighted by Gasteiger charge is -2.38.